The van der Waals surface area contributed by atoms with Crippen LogP contribution in [0.1, 0.15) is 42.4 Å². The van der Waals surface area contributed by atoms with Crippen molar-refractivity contribution in [2.24, 2.45) is 0 Å². The standard InChI is InChI=1S/C18H18F2N2O/c1-17(2,3)12-7-8-13-15(10-12)22(11-18(13,19)20)16(23)14-6-4-5-9-21-14/h4-10H,11H2,1-3H3. The molecule has 120 valence electrons. The fraction of sp³-hybridized carbons (Fsp3) is 0.333. The molecule has 1 aromatic heterocycles. The highest BCUT2D eigenvalue weighted by Gasteiger charge is 2.46. The fourth-order valence-electron chi connectivity index (χ4n) is 2.71. The monoisotopic (exact) mass is 316 g/mol. The van der Waals surface area contributed by atoms with Gasteiger partial charge in [-0.25, -0.2) is 0 Å². The minimum atomic E-state index is -3.05. The summed E-state index contributed by atoms with van der Waals surface area (Å²) in [5.74, 6) is -3.55. The molecule has 3 rings (SSSR count). The molecule has 0 atom stereocenters. The maximum atomic E-state index is 14.3. The van der Waals surface area contributed by atoms with Crippen molar-refractivity contribution in [3.8, 4) is 0 Å². The first-order valence-electron chi connectivity index (χ1n) is 7.46. The van der Waals surface area contributed by atoms with E-state index in [4.69, 9.17) is 0 Å². The van der Waals surface area contributed by atoms with Crippen LogP contribution in [-0.2, 0) is 11.3 Å². The lowest BCUT2D eigenvalue weighted by molar-refractivity contribution is 0.0138. The van der Waals surface area contributed by atoms with Gasteiger partial charge in [0.15, 0.2) is 0 Å². The molecule has 0 unspecified atom stereocenters. The Balaban J connectivity index is 2.08. The second kappa shape index (κ2) is 5.11. The lowest BCUT2D eigenvalue weighted by Gasteiger charge is -2.22. The predicted octanol–water partition coefficient (Wildman–Crippen LogP) is 4.13. The Morgan fingerprint density at radius 1 is 1.22 bits per heavy atom. The van der Waals surface area contributed by atoms with Crippen molar-refractivity contribution in [1.29, 1.82) is 0 Å². The first-order valence-corrected chi connectivity index (χ1v) is 7.46. The van der Waals surface area contributed by atoms with Gasteiger partial charge in [0, 0.05) is 11.8 Å². The molecule has 0 bridgehead atoms. The van der Waals surface area contributed by atoms with Crippen LogP contribution in [0.15, 0.2) is 42.6 Å². The molecule has 0 radical (unpaired) electrons. The number of nitrogens with zero attached hydrogens (tertiary/aromatic N) is 2. The molecular weight excluding hydrogens is 298 g/mol. The molecular formula is C18H18F2N2O. The lowest BCUT2D eigenvalue weighted by atomic mass is 9.86. The zero-order valence-electron chi connectivity index (χ0n) is 13.3. The molecule has 2 heterocycles. The van der Waals surface area contributed by atoms with Crippen LogP contribution >= 0.6 is 0 Å². The van der Waals surface area contributed by atoms with Gasteiger partial charge in [-0.3, -0.25) is 9.78 Å². The second-order valence-electron chi connectivity index (χ2n) is 6.79. The van der Waals surface area contributed by atoms with E-state index in [-0.39, 0.29) is 22.4 Å². The minimum Gasteiger partial charge on any atom is -0.300 e. The van der Waals surface area contributed by atoms with E-state index in [0.717, 1.165) is 10.5 Å². The highest BCUT2D eigenvalue weighted by atomic mass is 19.3. The maximum absolute atomic E-state index is 14.3. The van der Waals surface area contributed by atoms with Gasteiger partial charge in [-0.2, -0.15) is 8.78 Å². The number of anilines is 1. The predicted molar refractivity (Wildman–Crippen MR) is 84.9 cm³/mol. The van der Waals surface area contributed by atoms with Gasteiger partial charge in [-0.15, -0.1) is 0 Å². The van der Waals surface area contributed by atoms with Crippen LogP contribution in [0.4, 0.5) is 14.5 Å². The molecule has 1 aliphatic rings. The number of benzene rings is 1. The summed E-state index contributed by atoms with van der Waals surface area (Å²) in [5.41, 5.74) is 1.06. The number of hydrogen-bond donors (Lipinski definition) is 0. The molecule has 0 aliphatic carbocycles. The number of carbonyl (C=O) groups excluding carboxylic acids is 1. The van der Waals surface area contributed by atoms with Crippen LogP contribution in [0.3, 0.4) is 0 Å². The molecule has 0 N–H and O–H groups in total. The van der Waals surface area contributed by atoms with E-state index >= 15 is 0 Å². The third-order valence-electron chi connectivity index (χ3n) is 4.03. The summed E-state index contributed by atoms with van der Waals surface area (Å²) in [6, 6.07) is 9.72. The van der Waals surface area contributed by atoms with E-state index in [1.807, 2.05) is 20.8 Å². The Kier molecular flexibility index (Phi) is 3.47. The minimum absolute atomic E-state index is 0.102. The highest BCUT2D eigenvalue weighted by Crippen LogP contribution is 2.45. The average molecular weight is 316 g/mol. The van der Waals surface area contributed by atoms with Gasteiger partial charge in [0.25, 0.3) is 11.8 Å². The number of halogens is 2. The SMILES string of the molecule is CC(C)(C)c1ccc2c(c1)N(C(=O)c1ccccn1)CC2(F)F. The number of carbonyl (C=O) groups is 1. The molecule has 3 nitrogen and oxygen atoms in total. The Labute approximate surface area is 134 Å². The van der Waals surface area contributed by atoms with Crippen molar-refractivity contribution in [3.05, 3.63) is 59.4 Å². The second-order valence-corrected chi connectivity index (χ2v) is 6.79. The van der Waals surface area contributed by atoms with E-state index < -0.39 is 18.4 Å². The smallest absolute Gasteiger partial charge is 0.292 e. The Morgan fingerprint density at radius 2 is 1.96 bits per heavy atom. The van der Waals surface area contributed by atoms with E-state index in [0.29, 0.717) is 0 Å². The molecule has 1 amide bonds. The van der Waals surface area contributed by atoms with Crippen LogP contribution in [0.25, 0.3) is 0 Å². The molecule has 0 saturated heterocycles. The molecule has 0 spiro atoms. The van der Waals surface area contributed by atoms with Gasteiger partial charge in [0.2, 0.25) is 0 Å². The first kappa shape index (κ1) is 15.6. The summed E-state index contributed by atoms with van der Waals surface area (Å²) < 4.78 is 28.6. The summed E-state index contributed by atoms with van der Waals surface area (Å²) in [7, 11) is 0. The maximum Gasteiger partial charge on any atom is 0.292 e. The zero-order valence-corrected chi connectivity index (χ0v) is 13.3. The van der Waals surface area contributed by atoms with Crippen molar-refractivity contribution < 1.29 is 13.6 Å². The van der Waals surface area contributed by atoms with Gasteiger partial charge in [-0.1, -0.05) is 39.0 Å². The third-order valence-corrected chi connectivity index (χ3v) is 4.03. The number of aromatic nitrogens is 1. The average Bonchev–Trinajstić information content (AvgIpc) is 2.78. The number of amides is 1. The molecule has 1 aromatic carbocycles. The molecule has 5 heteroatoms. The normalized spacial score (nSPS) is 16.3. The largest absolute Gasteiger partial charge is 0.300 e. The number of hydrogen-bond acceptors (Lipinski definition) is 2. The molecule has 2 aromatic rings. The van der Waals surface area contributed by atoms with Crippen molar-refractivity contribution in [2.75, 3.05) is 11.4 Å². The zero-order chi connectivity index (χ0) is 16.8. The number of pyridine rings is 1. The van der Waals surface area contributed by atoms with Gasteiger partial charge >= 0.3 is 0 Å². The number of fused-ring (bicyclic) bond motifs is 1. The topological polar surface area (TPSA) is 33.2 Å². The summed E-state index contributed by atoms with van der Waals surface area (Å²) >= 11 is 0. The van der Waals surface area contributed by atoms with E-state index in [1.54, 1.807) is 24.3 Å². The molecule has 23 heavy (non-hydrogen) atoms. The van der Waals surface area contributed by atoms with Crippen LogP contribution in [-0.4, -0.2) is 17.4 Å². The molecule has 1 aliphatic heterocycles. The number of alkyl halides is 2. The Bertz CT molecular complexity index is 751. The van der Waals surface area contributed by atoms with Crippen LogP contribution < -0.4 is 4.90 Å². The van der Waals surface area contributed by atoms with Crippen LogP contribution in [0.2, 0.25) is 0 Å². The van der Waals surface area contributed by atoms with E-state index in [1.165, 1.54) is 18.3 Å². The van der Waals surface area contributed by atoms with Crippen molar-refractivity contribution in [2.45, 2.75) is 32.1 Å². The summed E-state index contributed by atoms with van der Waals surface area (Å²) in [5, 5.41) is 0. The summed E-state index contributed by atoms with van der Waals surface area (Å²) in [6.45, 7) is 5.37. The number of rotatable bonds is 1. The highest BCUT2D eigenvalue weighted by molar-refractivity contribution is 6.06. The van der Waals surface area contributed by atoms with Gasteiger partial charge in [-0.05, 0) is 29.2 Å². The summed E-state index contributed by atoms with van der Waals surface area (Å²) in [4.78, 5) is 17.7. The third kappa shape index (κ3) is 2.71. The van der Waals surface area contributed by atoms with Crippen molar-refractivity contribution >= 4 is 11.6 Å². The molecule has 0 fully saturated rings. The van der Waals surface area contributed by atoms with Crippen molar-refractivity contribution in [1.82, 2.24) is 4.98 Å². The first-order chi connectivity index (χ1) is 10.7. The van der Waals surface area contributed by atoms with Gasteiger partial charge in [0.05, 0.1) is 12.2 Å². The fourth-order valence-corrected chi connectivity index (χ4v) is 2.71. The lowest BCUT2D eigenvalue weighted by Crippen LogP contribution is -2.33. The Morgan fingerprint density at radius 3 is 2.57 bits per heavy atom. The van der Waals surface area contributed by atoms with Gasteiger partial charge < -0.3 is 4.90 Å². The quantitative estimate of drug-likeness (QED) is 0.792. The van der Waals surface area contributed by atoms with Crippen molar-refractivity contribution in [3.63, 3.8) is 0 Å². The van der Waals surface area contributed by atoms with E-state index in [2.05, 4.69) is 4.98 Å². The Hall–Kier alpha value is -2.30. The van der Waals surface area contributed by atoms with E-state index in [9.17, 15) is 13.6 Å². The van der Waals surface area contributed by atoms with Crippen LogP contribution in [0, 0.1) is 0 Å². The van der Waals surface area contributed by atoms with Gasteiger partial charge in [0.1, 0.15) is 5.69 Å². The van der Waals surface area contributed by atoms with Crippen LogP contribution in [0.5, 0.6) is 0 Å². The molecule has 0 saturated carbocycles. The summed E-state index contributed by atoms with van der Waals surface area (Å²) in [6.07, 6.45) is 1.48.